The van der Waals surface area contributed by atoms with E-state index in [0.29, 0.717) is 0 Å². The summed E-state index contributed by atoms with van der Waals surface area (Å²) in [5, 5.41) is 32.5. The second kappa shape index (κ2) is 8.75. The van der Waals surface area contributed by atoms with Crippen molar-refractivity contribution < 1.29 is 24.6 Å². The van der Waals surface area contributed by atoms with Crippen molar-refractivity contribution in [1.82, 2.24) is 16.0 Å². The molecule has 0 bridgehead atoms. The maximum atomic E-state index is 11.4. The van der Waals surface area contributed by atoms with E-state index in [2.05, 4.69) is 16.0 Å². The first-order valence-corrected chi connectivity index (χ1v) is 6.66. The molecule has 2 unspecified atom stereocenters. The van der Waals surface area contributed by atoms with E-state index >= 15 is 0 Å². The van der Waals surface area contributed by atoms with Gasteiger partial charge in [0.1, 0.15) is 6.04 Å². The molecule has 0 heterocycles. The van der Waals surface area contributed by atoms with E-state index in [1.54, 1.807) is 0 Å². The lowest BCUT2D eigenvalue weighted by molar-refractivity contribution is -0.148. The molecular formula is C11H23N7O5. The Hall–Kier alpha value is -2.60. The van der Waals surface area contributed by atoms with E-state index < -0.39 is 41.7 Å². The Balaban J connectivity index is 4.96. The van der Waals surface area contributed by atoms with Crippen LogP contribution >= 0.6 is 0 Å². The molecule has 3 atom stereocenters. The van der Waals surface area contributed by atoms with Gasteiger partial charge >= 0.3 is 18.0 Å². The third-order valence-electron chi connectivity index (χ3n) is 2.99. The number of amides is 2. The summed E-state index contributed by atoms with van der Waals surface area (Å²) >= 11 is 0. The van der Waals surface area contributed by atoms with Crippen molar-refractivity contribution in [3.63, 3.8) is 0 Å². The normalized spacial score (nSPS) is 15.7. The second-order valence-corrected chi connectivity index (χ2v) is 4.98. The van der Waals surface area contributed by atoms with Gasteiger partial charge in [0.2, 0.25) is 0 Å². The number of rotatable bonds is 10. The fraction of sp³-hybridized carbons (Fsp3) is 0.636. The van der Waals surface area contributed by atoms with E-state index in [1.807, 2.05) is 0 Å². The Morgan fingerprint density at radius 1 is 1.26 bits per heavy atom. The van der Waals surface area contributed by atoms with E-state index in [0.717, 1.165) is 0 Å². The highest BCUT2D eigenvalue weighted by Gasteiger charge is 2.39. The lowest BCUT2D eigenvalue weighted by atomic mass is 10.0. The lowest BCUT2D eigenvalue weighted by Crippen LogP contribution is -2.68. The van der Waals surface area contributed by atoms with Gasteiger partial charge in [-0.05, 0) is 19.8 Å². The van der Waals surface area contributed by atoms with Gasteiger partial charge in [0.25, 0.3) is 0 Å². The van der Waals surface area contributed by atoms with Gasteiger partial charge in [-0.15, -0.1) is 0 Å². The number of urea groups is 1. The lowest BCUT2D eigenvalue weighted by Gasteiger charge is -2.32. The second-order valence-electron chi connectivity index (χ2n) is 4.98. The first-order valence-electron chi connectivity index (χ1n) is 6.66. The number of aliphatic carboxylic acids is 2. The number of carbonyl (C=O) groups is 3. The number of nitrogens with two attached hydrogens (primary N) is 3. The zero-order chi connectivity index (χ0) is 18.2. The molecule has 12 heteroatoms. The zero-order valence-corrected chi connectivity index (χ0v) is 12.6. The molecule has 0 radical (unpaired) electrons. The maximum absolute atomic E-state index is 11.4. The predicted molar refractivity (Wildman–Crippen MR) is 80.4 cm³/mol. The predicted octanol–water partition coefficient (Wildman–Crippen LogP) is -2.91. The zero-order valence-electron chi connectivity index (χ0n) is 12.6. The summed E-state index contributed by atoms with van der Waals surface area (Å²) in [4.78, 5) is 33.2. The molecule has 0 aliphatic rings. The third-order valence-corrected chi connectivity index (χ3v) is 2.99. The van der Waals surface area contributed by atoms with Gasteiger partial charge in [0.15, 0.2) is 11.6 Å². The van der Waals surface area contributed by atoms with Crippen LogP contribution in [0.25, 0.3) is 0 Å². The number of primary amides is 1. The van der Waals surface area contributed by atoms with Crippen LogP contribution in [0.15, 0.2) is 0 Å². The van der Waals surface area contributed by atoms with Crippen molar-refractivity contribution >= 4 is 23.9 Å². The van der Waals surface area contributed by atoms with Crippen LogP contribution in [-0.2, 0) is 9.59 Å². The van der Waals surface area contributed by atoms with Crippen LogP contribution in [0.2, 0.25) is 0 Å². The number of nitrogens with one attached hydrogen (secondary N) is 4. The fourth-order valence-corrected chi connectivity index (χ4v) is 1.83. The Kier molecular flexibility index (Phi) is 7.76. The van der Waals surface area contributed by atoms with Gasteiger partial charge < -0.3 is 38.0 Å². The molecule has 0 fully saturated rings. The van der Waals surface area contributed by atoms with Crippen LogP contribution in [0.4, 0.5) is 4.79 Å². The van der Waals surface area contributed by atoms with Crippen molar-refractivity contribution in [1.29, 1.82) is 5.41 Å². The number of carboxylic acids is 2. The van der Waals surface area contributed by atoms with Gasteiger partial charge in [-0.1, -0.05) is 0 Å². The molecule has 0 rings (SSSR count). The van der Waals surface area contributed by atoms with Crippen molar-refractivity contribution in [3.05, 3.63) is 0 Å². The highest BCUT2D eigenvalue weighted by Crippen LogP contribution is 2.10. The minimum Gasteiger partial charge on any atom is -0.480 e. The standard InChI is InChI=1S/C11H23N7O5/c1-5(17-9(12)13)6(7(19)20)18-11(15,8(21)22)3-2-4-16-10(14)23/h5-6,18H,2-4,15H2,1H3,(H,19,20)(H,21,22)(H4,12,13,17)(H3,14,16,23)/t5?,6?,11-/m0/s1. The van der Waals surface area contributed by atoms with Gasteiger partial charge in [0.05, 0.1) is 6.04 Å². The van der Waals surface area contributed by atoms with Crippen molar-refractivity contribution in [2.24, 2.45) is 17.2 Å². The smallest absolute Gasteiger partial charge is 0.338 e. The first-order chi connectivity index (χ1) is 10.5. The topological polar surface area (TPSA) is 230 Å². The van der Waals surface area contributed by atoms with Crippen molar-refractivity contribution in [3.8, 4) is 0 Å². The van der Waals surface area contributed by atoms with Crippen LogP contribution in [0.5, 0.6) is 0 Å². The number of guanidine groups is 1. The largest absolute Gasteiger partial charge is 0.480 e. The maximum Gasteiger partial charge on any atom is 0.338 e. The van der Waals surface area contributed by atoms with E-state index in [4.69, 9.17) is 22.6 Å². The molecule has 2 amide bonds. The molecule has 12 N–H and O–H groups in total. The summed E-state index contributed by atoms with van der Waals surface area (Å²) in [5.74, 6) is -3.29. The number of hydrogen-bond donors (Lipinski definition) is 9. The first kappa shape index (κ1) is 20.4. The average molecular weight is 333 g/mol. The van der Waals surface area contributed by atoms with Crippen LogP contribution in [0.3, 0.4) is 0 Å². The molecule has 12 nitrogen and oxygen atoms in total. The summed E-state index contributed by atoms with van der Waals surface area (Å²) in [6.45, 7) is 1.49. The summed E-state index contributed by atoms with van der Waals surface area (Å²) in [6, 6.07) is -3.07. The molecule has 0 spiro atoms. The number of carbonyl (C=O) groups excluding carboxylic acids is 1. The SMILES string of the molecule is CC(NC(=N)N)C(N[C@@](N)(CCCNC(N)=O)C(=O)O)C(=O)O. The number of carboxylic acid groups (broad SMARTS) is 2. The fourth-order valence-electron chi connectivity index (χ4n) is 1.83. The molecule has 23 heavy (non-hydrogen) atoms. The monoisotopic (exact) mass is 333 g/mol. The highest BCUT2D eigenvalue weighted by molar-refractivity contribution is 5.82. The van der Waals surface area contributed by atoms with Gasteiger partial charge in [-0.25, -0.2) is 9.59 Å². The van der Waals surface area contributed by atoms with E-state index in [9.17, 15) is 24.6 Å². The van der Waals surface area contributed by atoms with Gasteiger partial charge in [-0.3, -0.25) is 15.5 Å². The van der Waals surface area contributed by atoms with Crippen LogP contribution in [0.1, 0.15) is 19.8 Å². The van der Waals surface area contributed by atoms with Crippen LogP contribution in [0, 0.1) is 5.41 Å². The average Bonchev–Trinajstić information content (AvgIpc) is 2.39. The summed E-state index contributed by atoms with van der Waals surface area (Å²) < 4.78 is 0. The van der Waals surface area contributed by atoms with Gasteiger partial charge in [0, 0.05) is 6.54 Å². The minimum absolute atomic E-state index is 0.0855. The quantitative estimate of drug-likeness (QED) is 0.0861. The third kappa shape index (κ3) is 7.28. The van der Waals surface area contributed by atoms with Crippen LogP contribution < -0.4 is 33.2 Å². The molecular weight excluding hydrogens is 310 g/mol. The molecule has 132 valence electrons. The highest BCUT2D eigenvalue weighted by atomic mass is 16.4. The van der Waals surface area contributed by atoms with E-state index in [-0.39, 0.29) is 19.4 Å². The molecule has 0 saturated heterocycles. The molecule has 0 aliphatic carbocycles. The van der Waals surface area contributed by atoms with Gasteiger partial charge in [-0.2, -0.15) is 0 Å². The summed E-state index contributed by atoms with van der Waals surface area (Å²) in [5.41, 5.74) is 13.7. The molecule has 0 saturated carbocycles. The number of hydrogen-bond acceptors (Lipinski definition) is 6. The Bertz CT molecular complexity index is 472. The summed E-state index contributed by atoms with van der Waals surface area (Å²) in [6.07, 6.45) is -0.0151. The Labute approximate surface area is 132 Å². The van der Waals surface area contributed by atoms with Crippen LogP contribution in [-0.4, -0.2) is 58.4 Å². The minimum atomic E-state index is -2.05. The Morgan fingerprint density at radius 3 is 2.22 bits per heavy atom. The molecule has 0 aromatic rings. The molecule has 0 aromatic carbocycles. The molecule has 0 aliphatic heterocycles. The van der Waals surface area contributed by atoms with Crippen molar-refractivity contribution in [2.45, 2.75) is 37.5 Å². The summed E-state index contributed by atoms with van der Waals surface area (Å²) in [7, 11) is 0. The van der Waals surface area contributed by atoms with Crippen molar-refractivity contribution in [2.75, 3.05) is 6.54 Å². The van der Waals surface area contributed by atoms with E-state index in [1.165, 1.54) is 6.92 Å². The molecule has 0 aromatic heterocycles. The Morgan fingerprint density at radius 2 is 1.83 bits per heavy atom.